The summed E-state index contributed by atoms with van der Waals surface area (Å²) in [5.41, 5.74) is 1.84. The van der Waals surface area contributed by atoms with Gasteiger partial charge in [0.05, 0.1) is 28.2 Å². The van der Waals surface area contributed by atoms with Crippen molar-refractivity contribution in [3.8, 4) is 0 Å². The van der Waals surface area contributed by atoms with Crippen LogP contribution in [-0.2, 0) is 6.54 Å². The van der Waals surface area contributed by atoms with Gasteiger partial charge in [0.25, 0.3) is 11.6 Å². The number of rotatable bonds is 6. The molecule has 166 valence electrons. The third kappa shape index (κ3) is 3.57. The molecule has 5 rings (SSSR count). The SMILES string of the molecule is Cc1ccc2oc3c(c(=O)c2c1)[C@H](c1ccc([N+](=O)[O-])cc1)N(CCCn1ccnc1)C3=O. The van der Waals surface area contributed by atoms with Crippen LogP contribution in [0.25, 0.3) is 11.0 Å². The van der Waals surface area contributed by atoms with E-state index >= 15 is 0 Å². The number of hydrogen-bond donors (Lipinski definition) is 0. The molecule has 0 N–H and O–H groups in total. The molecule has 33 heavy (non-hydrogen) atoms. The summed E-state index contributed by atoms with van der Waals surface area (Å²) in [7, 11) is 0. The van der Waals surface area contributed by atoms with E-state index in [1.165, 1.54) is 12.1 Å². The second-order valence-corrected chi connectivity index (χ2v) is 8.08. The fraction of sp³-hybridized carbons (Fsp3) is 0.208. The molecule has 3 heterocycles. The number of amides is 1. The van der Waals surface area contributed by atoms with Crippen LogP contribution in [0.1, 0.15) is 39.7 Å². The Bertz CT molecular complexity index is 1420. The van der Waals surface area contributed by atoms with Crippen LogP contribution in [0.4, 0.5) is 5.69 Å². The number of nitrogens with zero attached hydrogens (tertiary/aromatic N) is 4. The molecule has 1 aliphatic heterocycles. The topological polar surface area (TPSA) is 111 Å². The van der Waals surface area contributed by atoms with Crippen molar-refractivity contribution >= 4 is 22.6 Å². The molecule has 0 bridgehead atoms. The molecular formula is C24H20N4O5. The Morgan fingerprint density at radius 1 is 1.12 bits per heavy atom. The van der Waals surface area contributed by atoms with Gasteiger partial charge in [-0.05, 0) is 43.2 Å². The minimum Gasteiger partial charge on any atom is -0.450 e. The van der Waals surface area contributed by atoms with Crippen LogP contribution in [-0.4, -0.2) is 31.8 Å². The molecule has 0 radical (unpaired) electrons. The van der Waals surface area contributed by atoms with E-state index in [0.29, 0.717) is 36.0 Å². The van der Waals surface area contributed by atoms with Crippen LogP contribution in [0.2, 0.25) is 0 Å². The van der Waals surface area contributed by atoms with Crippen molar-refractivity contribution < 1.29 is 14.1 Å². The largest absolute Gasteiger partial charge is 0.450 e. The second kappa shape index (κ2) is 8.01. The number of nitro benzene ring substituents is 1. The highest BCUT2D eigenvalue weighted by atomic mass is 16.6. The standard InChI is InChI=1S/C24H20N4O5/c1-15-3-8-19-18(13-15)22(29)20-21(16-4-6-17(7-5-16)28(31)32)27(24(30)23(20)33-19)11-2-10-26-12-9-25-14-26/h3-9,12-14,21H,2,10-11H2,1H3/t21-/m0/s1. The van der Waals surface area contributed by atoms with Gasteiger partial charge >= 0.3 is 0 Å². The van der Waals surface area contributed by atoms with E-state index < -0.39 is 11.0 Å². The summed E-state index contributed by atoms with van der Waals surface area (Å²) in [6.45, 7) is 2.90. The fourth-order valence-corrected chi connectivity index (χ4v) is 4.33. The molecule has 0 saturated heterocycles. The number of carbonyl (C=O) groups excluding carboxylic acids is 1. The Morgan fingerprint density at radius 3 is 2.61 bits per heavy atom. The monoisotopic (exact) mass is 444 g/mol. The van der Waals surface area contributed by atoms with Crippen molar-refractivity contribution in [2.45, 2.75) is 25.9 Å². The molecule has 1 atom stereocenters. The maximum Gasteiger partial charge on any atom is 0.290 e. The number of non-ortho nitro benzene ring substituents is 1. The van der Waals surface area contributed by atoms with Crippen molar-refractivity contribution in [2.75, 3.05) is 6.54 Å². The Labute approximate surface area is 188 Å². The Morgan fingerprint density at radius 2 is 1.91 bits per heavy atom. The number of nitro groups is 1. The third-order valence-corrected chi connectivity index (χ3v) is 5.92. The summed E-state index contributed by atoms with van der Waals surface area (Å²) in [4.78, 5) is 43.2. The zero-order valence-electron chi connectivity index (χ0n) is 17.8. The summed E-state index contributed by atoms with van der Waals surface area (Å²) in [6, 6.07) is 10.5. The lowest BCUT2D eigenvalue weighted by molar-refractivity contribution is -0.384. The maximum atomic E-state index is 13.5. The molecule has 9 heteroatoms. The predicted octanol–water partition coefficient (Wildman–Crippen LogP) is 3.84. The molecule has 0 aliphatic carbocycles. The van der Waals surface area contributed by atoms with Gasteiger partial charge in [0, 0.05) is 37.6 Å². The first-order valence-corrected chi connectivity index (χ1v) is 10.5. The smallest absolute Gasteiger partial charge is 0.290 e. The average molecular weight is 444 g/mol. The molecule has 4 aromatic rings. The Kier molecular flexibility index (Phi) is 5.01. The van der Waals surface area contributed by atoms with Crippen molar-refractivity contribution in [3.05, 3.63) is 104 Å². The lowest BCUT2D eigenvalue weighted by Gasteiger charge is -2.25. The van der Waals surface area contributed by atoms with E-state index in [1.54, 1.807) is 41.7 Å². The minimum absolute atomic E-state index is 0.0299. The first-order valence-electron chi connectivity index (χ1n) is 10.5. The third-order valence-electron chi connectivity index (χ3n) is 5.92. The summed E-state index contributed by atoms with van der Waals surface area (Å²) >= 11 is 0. The molecule has 2 aromatic carbocycles. The highest BCUT2D eigenvalue weighted by Crippen LogP contribution is 2.38. The lowest BCUT2D eigenvalue weighted by Crippen LogP contribution is -2.31. The molecule has 0 fully saturated rings. The van der Waals surface area contributed by atoms with Gasteiger partial charge < -0.3 is 13.9 Å². The predicted molar refractivity (Wildman–Crippen MR) is 120 cm³/mol. The number of aromatic nitrogens is 2. The van der Waals surface area contributed by atoms with Crippen LogP contribution >= 0.6 is 0 Å². The first-order chi connectivity index (χ1) is 15.9. The summed E-state index contributed by atoms with van der Waals surface area (Å²) in [5, 5.41) is 11.5. The summed E-state index contributed by atoms with van der Waals surface area (Å²) < 4.78 is 7.85. The number of benzene rings is 2. The van der Waals surface area contributed by atoms with Gasteiger partial charge in [-0.2, -0.15) is 0 Å². The minimum atomic E-state index is -0.683. The van der Waals surface area contributed by atoms with Crippen LogP contribution in [0.5, 0.6) is 0 Å². The lowest BCUT2D eigenvalue weighted by atomic mass is 9.98. The molecule has 9 nitrogen and oxygen atoms in total. The van der Waals surface area contributed by atoms with E-state index in [-0.39, 0.29) is 28.3 Å². The Hall–Kier alpha value is -4.27. The van der Waals surface area contributed by atoms with E-state index in [2.05, 4.69) is 4.98 Å². The van der Waals surface area contributed by atoms with E-state index in [0.717, 1.165) is 5.56 Å². The number of fused-ring (bicyclic) bond motifs is 2. The number of aryl methyl sites for hydroxylation is 2. The molecule has 0 spiro atoms. The van der Waals surface area contributed by atoms with Crippen molar-refractivity contribution in [3.63, 3.8) is 0 Å². The zero-order chi connectivity index (χ0) is 23.1. The molecule has 2 aromatic heterocycles. The van der Waals surface area contributed by atoms with Crippen LogP contribution < -0.4 is 5.43 Å². The van der Waals surface area contributed by atoms with Gasteiger partial charge in [0.15, 0.2) is 5.43 Å². The van der Waals surface area contributed by atoms with E-state index in [9.17, 15) is 19.7 Å². The highest BCUT2D eigenvalue weighted by Gasteiger charge is 2.42. The van der Waals surface area contributed by atoms with Gasteiger partial charge in [0.1, 0.15) is 5.58 Å². The van der Waals surface area contributed by atoms with Crippen LogP contribution in [0, 0.1) is 17.0 Å². The van der Waals surface area contributed by atoms with Crippen molar-refractivity contribution in [1.82, 2.24) is 14.5 Å². The normalized spacial score (nSPS) is 15.2. The van der Waals surface area contributed by atoms with Gasteiger partial charge in [-0.15, -0.1) is 0 Å². The molecular weight excluding hydrogens is 424 g/mol. The number of imidazole rings is 1. The van der Waals surface area contributed by atoms with Crippen molar-refractivity contribution in [2.24, 2.45) is 0 Å². The highest BCUT2D eigenvalue weighted by molar-refractivity contribution is 5.99. The van der Waals surface area contributed by atoms with Crippen LogP contribution in [0.3, 0.4) is 0 Å². The maximum absolute atomic E-state index is 13.5. The van der Waals surface area contributed by atoms with E-state index in [4.69, 9.17) is 4.42 Å². The Balaban J connectivity index is 1.60. The van der Waals surface area contributed by atoms with Crippen molar-refractivity contribution in [1.29, 1.82) is 0 Å². The summed E-state index contributed by atoms with van der Waals surface area (Å²) in [5.74, 6) is -0.333. The molecule has 0 unspecified atom stereocenters. The zero-order valence-corrected chi connectivity index (χ0v) is 17.8. The fourth-order valence-electron chi connectivity index (χ4n) is 4.33. The average Bonchev–Trinajstić information content (AvgIpc) is 3.42. The molecule has 1 amide bonds. The first kappa shape index (κ1) is 20.6. The molecule has 1 aliphatic rings. The second-order valence-electron chi connectivity index (χ2n) is 8.08. The molecule has 0 saturated carbocycles. The summed E-state index contributed by atoms with van der Waals surface area (Å²) in [6.07, 6.45) is 5.86. The van der Waals surface area contributed by atoms with Gasteiger partial charge in [-0.1, -0.05) is 11.6 Å². The van der Waals surface area contributed by atoms with Crippen LogP contribution in [0.15, 0.2) is 70.4 Å². The number of carbonyl (C=O) groups is 1. The number of hydrogen-bond acceptors (Lipinski definition) is 6. The van der Waals surface area contributed by atoms with Gasteiger partial charge in [-0.3, -0.25) is 19.7 Å². The van der Waals surface area contributed by atoms with Gasteiger partial charge in [0.2, 0.25) is 5.76 Å². The quantitative estimate of drug-likeness (QED) is 0.330. The van der Waals surface area contributed by atoms with Gasteiger partial charge in [-0.25, -0.2) is 4.98 Å². The van der Waals surface area contributed by atoms with E-state index in [1.807, 2.05) is 23.8 Å².